The zero-order valence-corrected chi connectivity index (χ0v) is 11.6. The molecule has 0 saturated carbocycles. The van der Waals surface area contributed by atoms with Crippen molar-refractivity contribution in [2.75, 3.05) is 5.32 Å². The van der Waals surface area contributed by atoms with Gasteiger partial charge in [-0.05, 0) is 30.3 Å². The van der Waals surface area contributed by atoms with Crippen molar-refractivity contribution in [3.63, 3.8) is 0 Å². The van der Waals surface area contributed by atoms with E-state index in [9.17, 15) is 4.79 Å². The van der Waals surface area contributed by atoms with Crippen LogP contribution < -0.4 is 5.32 Å². The van der Waals surface area contributed by atoms with Crippen molar-refractivity contribution in [3.8, 4) is 0 Å². The number of pyridine rings is 1. The van der Waals surface area contributed by atoms with E-state index in [4.69, 9.17) is 0 Å². The van der Waals surface area contributed by atoms with Crippen LogP contribution >= 0.6 is 0 Å². The fourth-order valence-corrected chi connectivity index (χ4v) is 2.37. The second-order valence-electron chi connectivity index (χ2n) is 4.95. The van der Waals surface area contributed by atoms with Crippen LogP contribution in [0.3, 0.4) is 0 Å². The van der Waals surface area contributed by atoms with Gasteiger partial charge in [0.15, 0.2) is 5.82 Å². The minimum atomic E-state index is -0.306. The van der Waals surface area contributed by atoms with E-state index in [1.165, 1.54) is 0 Å². The standard InChI is InChI=1S/C17H12N4O/c22-17(16-19-13-7-3-4-8-14(13)20-16)21-15-10-9-11-5-1-2-6-12(11)18-15/h1-10H,(H,19,20)(H,18,21,22). The Hall–Kier alpha value is -3.21. The van der Waals surface area contributed by atoms with E-state index < -0.39 is 0 Å². The van der Waals surface area contributed by atoms with Crippen molar-refractivity contribution < 1.29 is 4.79 Å². The van der Waals surface area contributed by atoms with E-state index in [1.807, 2.05) is 54.6 Å². The van der Waals surface area contributed by atoms with E-state index in [1.54, 1.807) is 6.07 Å². The zero-order chi connectivity index (χ0) is 14.9. The first-order valence-corrected chi connectivity index (χ1v) is 6.91. The number of imidazole rings is 1. The molecule has 2 aromatic carbocycles. The number of aromatic amines is 1. The van der Waals surface area contributed by atoms with Crippen molar-refractivity contribution in [2.45, 2.75) is 0 Å². The van der Waals surface area contributed by atoms with Crippen LogP contribution in [0.2, 0.25) is 0 Å². The molecule has 0 bridgehead atoms. The number of fused-ring (bicyclic) bond motifs is 2. The number of para-hydroxylation sites is 3. The van der Waals surface area contributed by atoms with Gasteiger partial charge in [-0.15, -0.1) is 0 Å². The summed E-state index contributed by atoms with van der Waals surface area (Å²) < 4.78 is 0. The van der Waals surface area contributed by atoms with Crippen molar-refractivity contribution in [1.82, 2.24) is 15.0 Å². The molecule has 2 heterocycles. The van der Waals surface area contributed by atoms with Gasteiger partial charge in [0.05, 0.1) is 16.6 Å². The van der Waals surface area contributed by atoms with Gasteiger partial charge >= 0.3 is 0 Å². The summed E-state index contributed by atoms with van der Waals surface area (Å²) in [6.07, 6.45) is 0. The Kier molecular flexibility index (Phi) is 2.83. The summed E-state index contributed by atoms with van der Waals surface area (Å²) >= 11 is 0. The van der Waals surface area contributed by atoms with E-state index in [0.717, 1.165) is 21.9 Å². The molecule has 0 aliphatic carbocycles. The minimum Gasteiger partial charge on any atom is -0.334 e. The highest BCUT2D eigenvalue weighted by atomic mass is 16.2. The summed E-state index contributed by atoms with van der Waals surface area (Å²) in [7, 11) is 0. The summed E-state index contributed by atoms with van der Waals surface area (Å²) in [6, 6.07) is 19.0. The average Bonchev–Trinajstić information content (AvgIpc) is 2.99. The molecule has 0 atom stereocenters. The lowest BCUT2D eigenvalue weighted by atomic mass is 10.2. The molecule has 0 saturated heterocycles. The first-order chi connectivity index (χ1) is 10.8. The topological polar surface area (TPSA) is 70.7 Å². The lowest BCUT2D eigenvalue weighted by Gasteiger charge is -2.03. The molecule has 0 aliphatic heterocycles. The number of anilines is 1. The molecule has 4 rings (SSSR count). The molecule has 0 spiro atoms. The molecule has 0 aliphatic rings. The molecule has 22 heavy (non-hydrogen) atoms. The number of H-pyrrole nitrogens is 1. The lowest BCUT2D eigenvalue weighted by Crippen LogP contribution is -2.14. The molecule has 4 aromatic rings. The number of nitrogens with one attached hydrogen (secondary N) is 2. The van der Waals surface area contributed by atoms with Gasteiger partial charge in [-0.3, -0.25) is 4.79 Å². The number of hydrogen-bond acceptors (Lipinski definition) is 3. The normalized spacial score (nSPS) is 10.9. The maximum atomic E-state index is 12.3. The number of carbonyl (C=O) groups excluding carboxylic acids is 1. The number of hydrogen-bond donors (Lipinski definition) is 2. The number of benzene rings is 2. The first kappa shape index (κ1) is 12.5. The van der Waals surface area contributed by atoms with Gasteiger partial charge in [0.1, 0.15) is 5.82 Å². The first-order valence-electron chi connectivity index (χ1n) is 6.91. The molecular formula is C17H12N4O. The largest absolute Gasteiger partial charge is 0.334 e. The summed E-state index contributed by atoms with van der Waals surface area (Å²) in [4.78, 5) is 24.0. The number of nitrogens with zero attached hydrogens (tertiary/aromatic N) is 2. The molecule has 5 heteroatoms. The SMILES string of the molecule is O=C(Nc1ccc2ccccc2n1)c1nc2ccccc2[nH]1. The third kappa shape index (κ3) is 2.18. The van der Waals surface area contributed by atoms with Crippen LogP contribution in [0.5, 0.6) is 0 Å². The van der Waals surface area contributed by atoms with Gasteiger partial charge in [-0.1, -0.05) is 30.3 Å². The van der Waals surface area contributed by atoms with E-state index in [2.05, 4.69) is 20.3 Å². The summed E-state index contributed by atoms with van der Waals surface area (Å²) in [5.41, 5.74) is 2.43. The second kappa shape index (κ2) is 4.96. The maximum Gasteiger partial charge on any atom is 0.292 e. The van der Waals surface area contributed by atoms with Crippen molar-refractivity contribution in [3.05, 3.63) is 66.5 Å². The van der Waals surface area contributed by atoms with Crippen LogP contribution in [-0.2, 0) is 0 Å². The second-order valence-corrected chi connectivity index (χ2v) is 4.95. The fourth-order valence-electron chi connectivity index (χ4n) is 2.37. The summed E-state index contributed by atoms with van der Waals surface area (Å²) in [5.74, 6) is 0.472. The Morgan fingerprint density at radius 1 is 0.864 bits per heavy atom. The fraction of sp³-hybridized carbons (Fsp3) is 0. The Labute approximate surface area is 126 Å². The van der Waals surface area contributed by atoms with E-state index in [0.29, 0.717) is 5.82 Å². The van der Waals surface area contributed by atoms with Crippen LogP contribution in [0.1, 0.15) is 10.6 Å². The Morgan fingerprint density at radius 2 is 1.64 bits per heavy atom. The predicted octanol–water partition coefficient (Wildman–Crippen LogP) is 3.36. The van der Waals surface area contributed by atoms with E-state index >= 15 is 0 Å². The number of amides is 1. The van der Waals surface area contributed by atoms with Crippen LogP contribution in [0.15, 0.2) is 60.7 Å². The third-order valence-corrected chi connectivity index (χ3v) is 3.44. The van der Waals surface area contributed by atoms with Gasteiger partial charge < -0.3 is 10.3 Å². The molecule has 5 nitrogen and oxygen atoms in total. The van der Waals surface area contributed by atoms with Gasteiger partial charge in [-0.2, -0.15) is 0 Å². The Bertz CT molecular complexity index is 957. The monoisotopic (exact) mass is 288 g/mol. The highest BCUT2D eigenvalue weighted by Gasteiger charge is 2.12. The van der Waals surface area contributed by atoms with Crippen LogP contribution in [0.4, 0.5) is 5.82 Å². The molecular weight excluding hydrogens is 276 g/mol. The van der Waals surface area contributed by atoms with Crippen molar-refractivity contribution >= 4 is 33.7 Å². The summed E-state index contributed by atoms with van der Waals surface area (Å²) in [5, 5.41) is 3.80. The van der Waals surface area contributed by atoms with Crippen LogP contribution in [-0.4, -0.2) is 20.9 Å². The molecule has 2 aromatic heterocycles. The Morgan fingerprint density at radius 3 is 2.50 bits per heavy atom. The molecule has 0 radical (unpaired) electrons. The van der Waals surface area contributed by atoms with Gasteiger partial charge in [0.25, 0.3) is 5.91 Å². The molecule has 0 fully saturated rings. The lowest BCUT2D eigenvalue weighted by molar-refractivity contribution is 0.101. The predicted molar refractivity (Wildman–Crippen MR) is 85.8 cm³/mol. The Balaban J connectivity index is 1.64. The molecule has 1 amide bonds. The number of rotatable bonds is 2. The minimum absolute atomic E-state index is 0.274. The van der Waals surface area contributed by atoms with Gasteiger partial charge in [0, 0.05) is 5.39 Å². The van der Waals surface area contributed by atoms with E-state index in [-0.39, 0.29) is 11.7 Å². The maximum absolute atomic E-state index is 12.3. The zero-order valence-electron chi connectivity index (χ0n) is 11.6. The highest BCUT2D eigenvalue weighted by Crippen LogP contribution is 2.16. The third-order valence-electron chi connectivity index (χ3n) is 3.44. The molecule has 0 unspecified atom stereocenters. The van der Waals surface area contributed by atoms with Gasteiger partial charge in [0.2, 0.25) is 0 Å². The van der Waals surface area contributed by atoms with Crippen molar-refractivity contribution in [2.24, 2.45) is 0 Å². The quantitative estimate of drug-likeness (QED) is 0.594. The summed E-state index contributed by atoms with van der Waals surface area (Å²) in [6.45, 7) is 0. The smallest absolute Gasteiger partial charge is 0.292 e. The van der Waals surface area contributed by atoms with Gasteiger partial charge in [-0.25, -0.2) is 9.97 Å². The average molecular weight is 288 g/mol. The number of aromatic nitrogens is 3. The van der Waals surface area contributed by atoms with Crippen LogP contribution in [0, 0.1) is 0 Å². The molecule has 106 valence electrons. The number of carbonyl (C=O) groups is 1. The highest BCUT2D eigenvalue weighted by molar-refractivity contribution is 6.03. The van der Waals surface area contributed by atoms with Crippen LogP contribution in [0.25, 0.3) is 21.9 Å². The molecule has 2 N–H and O–H groups in total. The van der Waals surface area contributed by atoms with Crippen molar-refractivity contribution in [1.29, 1.82) is 0 Å².